The molecule has 3 rings (SSSR count). The highest BCUT2D eigenvalue weighted by atomic mass is 16.5. The molecule has 2 atom stereocenters. The Kier molecular flexibility index (Phi) is 5.18. The number of nitrogens with one attached hydrogen (secondary N) is 1. The number of nitrogens with zero attached hydrogens (tertiary/aromatic N) is 1. The number of methoxy groups -OCH3 is 1. The van der Waals surface area contributed by atoms with Crippen LogP contribution in [0.15, 0.2) is 36.4 Å². The Balaban J connectivity index is 1.71. The molecule has 2 amide bonds. The van der Waals surface area contributed by atoms with Crippen LogP contribution in [0.4, 0.5) is 5.69 Å². The largest absolute Gasteiger partial charge is 0.497 e. The van der Waals surface area contributed by atoms with Crippen LogP contribution in [-0.2, 0) is 9.59 Å². The summed E-state index contributed by atoms with van der Waals surface area (Å²) in [6, 6.07) is 7.28. The van der Waals surface area contributed by atoms with Crippen LogP contribution in [0.5, 0.6) is 5.75 Å². The summed E-state index contributed by atoms with van der Waals surface area (Å²) in [7, 11) is 1.59. The number of hydrogen-bond donors (Lipinski definition) is 1. The van der Waals surface area contributed by atoms with Gasteiger partial charge >= 0.3 is 0 Å². The van der Waals surface area contributed by atoms with Crippen molar-refractivity contribution in [1.82, 2.24) is 4.90 Å². The summed E-state index contributed by atoms with van der Waals surface area (Å²) in [5, 5.41) is 2.94. The maximum absolute atomic E-state index is 12.8. The molecular weight excluding hydrogens is 304 g/mol. The van der Waals surface area contributed by atoms with E-state index in [0.717, 1.165) is 25.9 Å². The van der Waals surface area contributed by atoms with E-state index in [-0.39, 0.29) is 23.7 Å². The SMILES string of the molecule is COc1cccc(NC(=O)C2CC=CCC2C(=O)N2CCCC2)c1. The van der Waals surface area contributed by atoms with Gasteiger partial charge in [0.25, 0.3) is 0 Å². The van der Waals surface area contributed by atoms with Crippen molar-refractivity contribution in [2.24, 2.45) is 11.8 Å². The van der Waals surface area contributed by atoms with Gasteiger partial charge in [0.15, 0.2) is 0 Å². The predicted octanol–water partition coefficient (Wildman–Crippen LogP) is 2.84. The fraction of sp³-hybridized carbons (Fsp3) is 0.474. The monoisotopic (exact) mass is 328 g/mol. The van der Waals surface area contributed by atoms with Gasteiger partial charge in [0.2, 0.25) is 11.8 Å². The number of hydrogen-bond acceptors (Lipinski definition) is 3. The van der Waals surface area contributed by atoms with Crippen molar-refractivity contribution in [2.45, 2.75) is 25.7 Å². The fourth-order valence-corrected chi connectivity index (χ4v) is 3.48. The Morgan fingerprint density at radius 1 is 1.12 bits per heavy atom. The Bertz CT molecular complexity index is 635. The van der Waals surface area contributed by atoms with Gasteiger partial charge < -0.3 is 15.0 Å². The van der Waals surface area contributed by atoms with Crippen molar-refractivity contribution >= 4 is 17.5 Å². The lowest BCUT2D eigenvalue weighted by atomic mass is 9.81. The van der Waals surface area contributed by atoms with Crippen LogP contribution in [0.2, 0.25) is 0 Å². The molecule has 0 bridgehead atoms. The van der Waals surface area contributed by atoms with Gasteiger partial charge in [-0.15, -0.1) is 0 Å². The summed E-state index contributed by atoms with van der Waals surface area (Å²) in [5.41, 5.74) is 0.696. The number of rotatable bonds is 4. The van der Waals surface area contributed by atoms with Crippen LogP contribution in [0.25, 0.3) is 0 Å². The average Bonchev–Trinajstić information content (AvgIpc) is 3.16. The smallest absolute Gasteiger partial charge is 0.228 e. The second kappa shape index (κ2) is 7.51. The molecule has 24 heavy (non-hydrogen) atoms. The van der Waals surface area contributed by atoms with E-state index in [1.807, 2.05) is 35.3 Å². The molecule has 1 aliphatic carbocycles. The van der Waals surface area contributed by atoms with Gasteiger partial charge in [-0.05, 0) is 37.8 Å². The first-order valence-corrected chi connectivity index (χ1v) is 8.58. The van der Waals surface area contributed by atoms with Crippen LogP contribution < -0.4 is 10.1 Å². The molecule has 5 heteroatoms. The molecule has 0 aromatic heterocycles. The van der Waals surface area contributed by atoms with E-state index in [1.165, 1.54) is 0 Å². The Hall–Kier alpha value is -2.30. The number of anilines is 1. The van der Waals surface area contributed by atoms with Gasteiger partial charge in [-0.1, -0.05) is 18.2 Å². The van der Waals surface area contributed by atoms with Crippen molar-refractivity contribution < 1.29 is 14.3 Å². The van der Waals surface area contributed by atoms with Crippen LogP contribution in [0.3, 0.4) is 0 Å². The fourth-order valence-electron chi connectivity index (χ4n) is 3.48. The van der Waals surface area contributed by atoms with Crippen molar-refractivity contribution in [3.05, 3.63) is 36.4 Å². The summed E-state index contributed by atoms with van der Waals surface area (Å²) < 4.78 is 5.19. The lowest BCUT2D eigenvalue weighted by molar-refractivity contribution is -0.139. The van der Waals surface area contributed by atoms with Crippen molar-refractivity contribution in [3.8, 4) is 5.75 Å². The summed E-state index contributed by atoms with van der Waals surface area (Å²) in [6.45, 7) is 1.65. The third-order valence-corrected chi connectivity index (χ3v) is 4.84. The summed E-state index contributed by atoms with van der Waals surface area (Å²) in [4.78, 5) is 27.4. The quantitative estimate of drug-likeness (QED) is 0.865. The first kappa shape index (κ1) is 16.6. The molecule has 5 nitrogen and oxygen atoms in total. The Morgan fingerprint density at radius 3 is 2.54 bits per heavy atom. The van der Waals surface area contributed by atoms with Crippen LogP contribution in [-0.4, -0.2) is 36.9 Å². The summed E-state index contributed by atoms with van der Waals surface area (Å²) >= 11 is 0. The number of ether oxygens (including phenoxy) is 1. The van der Waals surface area contributed by atoms with Crippen molar-refractivity contribution in [2.75, 3.05) is 25.5 Å². The summed E-state index contributed by atoms with van der Waals surface area (Å²) in [5.74, 6) is 0.168. The van der Waals surface area contributed by atoms with Crippen LogP contribution in [0.1, 0.15) is 25.7 Å². The molecule has 1 N–H and O–H groups in total. The molecule has 1 heterocycles. The second-order valence-corrected chi connectivity index (χ2v) is 6.41. The highest BCUT2D eigenvalue weighted by molar-refractivity contribution is 5.96. The maximum Gasteiger partial charge on any atom is 0.228 e. The molecule has 128 valence electrons. The number of likely N-dealkylation sites (tertiary alicyclic amines) is 1. The molecule has 2 unspecified atom stereocenters. The molecule has 0 spiro atoms. The van der Waals surface area contributed by atoms with E-state index < -0.39 is 0 Å². The number of benzene rings is 1. The average molecular weight is 328 g/mol. The van der Waals surface area contributed by atoms with E-state index >= 15 is 0 Å². The molecule has 0 radical (unpaired) electrons. The molecule has 0 saturated carbocycles. The van der Waals surface area contributed by atoms with E-state index in [4.69, 9.17) is 4.74 Å². The first-order valence-electron chi connectivity index (χ1n) is 8.58. The minimum Gasteiger partial charge on any atom is -0.497 e. The molecular formula is C19H24N2O3. The third-order valence-electron chi connectivity index (χ3n) is 4.84. The number of amides is 2. The van der Waals surface area contributed by atoms with E-state index in [1.54, 1.807) is 13.2 Å². The molecule has 1 aliphatic heterocycles. The number of carbonyl (C=O) groups excluding carboxylic acids is 2. The van der Waals surface area contributed by atoms with Gasteiger partial charge in [0.1, 0.15) is 5.75 Å². The number of allylic oxidation sites excluding steroid dienone is 2. The lowest BCUT2D eigenvalue weighted by Crippen LogP contribution is -2.42. The zero-order valence-corrected chi connectivity index (χ0v) is 14.0. The van der Waals surface area contributed by atoms with Gasteiger partial charge in [-0.25, -0.2) is 0 Å². The topological polar surface area (TPSA) is 58.6 Å². The third kappa shape index (κ3) is 3.61. The molecule has 1 aromatic carbocycles. The summed E-state index contributed by atoms with van der Waals surface area (Å²) in [6.07, 6.45) is 7.41. The second-order valence-electron chi connectivity index (χ2n) is 6.41. The van der Waals surface area contributed by atoms with Gasteiger partial charge in [0, 0.05) is 24.8 Å². The molecule has 1 saturated heterocycles. The normalized spacial score (nSPS) is 23.1. The maximum atomic E-state index is 12.8. The number of carbonyl (C=O) groups is 2. The zero-order chi connectivity index (χ0) is 16.9. The molecule has 1 aromatic rings. The van der Waals surface area contributed by atoms with E-state index in [2.05, 4.69) is 5.32 Å². The van der Waals surface area contributed by atoms with Crippen molar-refractivity contribution in [1.29, 1.82) is 0 Å². The minimum atomic E-state index is -0.311. The van der Waals surface area contributed by atoms with E-state index in [0.29, 0.717) is 24.3 Å². The lowest BCUT2D eigenvalue weighted by Gasteiger charge is -2.30. The van der Waals surface area contributed by atoms with Crippen LogP contribution in [0, 0.1) is 11.8 Å². The van der Waals surface area contributed by atoms with Gasteiger partial charge in [-0.2, -0.15) is 0 Å². The van der Waals surface area contributed by atoms with Crippen LogP contribution >= 0.6 is 0 Å². The zero-order valence-electron chi connectivity index (χ0n) is 14.0. The van der Waals surface area contributed by atoms with E-state index in [9.17, 15) is 9.59 Å². The first-order chi connectivity index (χ1) is 11.7. The molecule has 2 aliphatic rings. The molecule has 1 fully saturated rings. The minimum absolute atomic E-state index is 0.0925. The highest BCUT2D eigenvalue weighted by Crippen LogP contribution is 2.30. The Labute approximate surface area is 142 Å². The van der Waals surface area contributed by atoms with Gasteiger partial charge in [0.05, 0.1) is 18.9 Å². The highest BCUT2D eigenvalue weighted by Gasteiger charge is 2.37. The Morgan fingerprint density at radius 2 is 1.83 bits per heavy atom. The van der Waals surface area contributed by atoms with Crippen molar-refractivity contribution in [3.63, 3.8) is 0 Å². The van der Waals surface area contributed by atoms with Gasteiger partial charge in [-0.3, -0.25) is 9.59 Å². The predicted molar refractivity (Wildman–Crippen MR) is 92.8 cm³/mol. The standard InChI is InChI=1S/C19H24N2O3/c1-24-15-8-6-7-14(13-15)20-18(22)16-9-2-3-10-17(16)19(23)21-11-4-5-12-21/h2-3,6-8,13,16-17H,4-5,9-12H2,1H3,(H,20,22).